The first-order valence-corrected chi connectivity index (χ1v) is 10.4. The normalized spacial score (nSPS) is 20.3. The van der Waals surface area contributed by atoms with Crippen molar-refractivity contribution in [2.24, 2.45) is 0 Å². The van der Waals surface area contributed by atoms with Gasteiger partial charge in [-0.05, 0) is 59.7 Å². The summed E-state index contributed by atoms with van der Waals surface area (Å²) in [5.41, 5.74) is 5.73. The number of hydrogen-bond acceptors (Lipinski definition) is 3. The van der Waals surface area contributed by atoms with Gasteiger partial charge in [0, 0.05) is 40.8 Å². The molecule has 4 nitrogen and oxygen atoms in total. The van der Waals surface area contributed by atoms with Crippen molar-refractivity contribution < 1.29 is 10.2 Å². The van der Waals surface area contributed by atoms with Gasteiger partial charge >= 0.3 is 0 Å². The summed E-state index contributed by atoms with van der Waals surface area (Å²) in [6.07, 6.45) is 1.87. The van der Waals surface area contributed by atoms with Crippen LogP contribution in [0.5, 0.6) is 0 Å². The number of hydrogen-bond donors (Lipinski definition) is 3. The SMILES string of the molecule is CC(C)(C)c1c#ccc(-c2ccc3[nH]c(CN4[C@H](CO)CC[C@@H]4CO)cc3c2)c1. The summed E-state index contributed by atoms with van der Waals surface area (Å²) in [7, 11) is 0. The summed E-state index contributed by atoms with van der Waals surface area (Å²) in [6, 6.07) is 19.5. The number of H-pyrrole nitrogens is 1. The average Bonchev–Trinajstić information content (AvgIpc) is 3.29. The van der Waals surface area contributed by atoms with E-state index in [4.69, 9.17) is 0 Å². The number of aromatic nitrogens is 1. The lowest BCUT2D eigenvalue weighted by atomic mass is 9.86. The highest BCUT2D eigenvalue weighted by Crippen LogP contribution is 2.30. The van der Waals surface area contributed by atoms with Crippen molar-refractivity contribution in [2.45, 2.75) is 57.7 Å². The summed E-state index contributed by atoms with van der Waals surface area (Å²) < 4.78 is 0. The number of nitrogens with one attached hydrogen (secondary N) is 1. The molecule has 0 unspecified atom stereocenters. The van der Waals surface area contributed by atoms with Crippen molar-refractivity contribution in [1.82, 2.24) is 9.88 Å². The van der Waals surface area contributed by atoms with Gasteiger partial charge in [0.2, 0.25) is 0 Å². The number of aliphatic hydroxyl groups excluding tert-OH is 2. The summed E-state index contributed by atoms with van der Waals surface area (Å²) in [4.78, 5) is 5.73. The molecule has 4 rings (SSSR count). The number of fused-ring (bicyclic) bond motifs is 1. The van der Waals surface area contributed by atoms with Gasteiger partial charge in [0.15, 0.2) is 0 Å². The third-order valence-corrected chi connectivity index (χ3v) is 6.10. The number of rotatable bonds is 5. The molecule has 29 heavy (non-hydrogen) atoms. The maximum absolute atomic E-state index is 9.67. The predicted octanol–water partition coefficient (Wildman–Crippen LogP) is 4.05. The minimum Gasteiger partial charge on any atom is -0.395 e. The standard InChI is InChI=1S/C25H30N2O2/c1-25(2,3)20-6-4-5-17(12-20)18-7-10-24-19(11-18)13-21(26-24)14-27-22(15-28)8-9-23(27)16-29/h5,7,10-13,22-23,26,28-29H,8-9,14-16H2,1-3H3/t22-,23+. The Kier molecular flexibility index (Phi) is 5.40. The predicted molar refractivity (Wildman–Crippen MR) is 117 cm³/mol. The molecule has 0 radical (unpaired) electrons. The van der Waals surface area contributed by atoms with E-state index in [2.05, 4.69) is 73.1 Å². The van der Waals surface area contributed by atoms with Crippen LogP contribution in [0.4, 0.5) is 0 Å². The van der Waals surface area contributed by atoms with Crippen LogP contribution in [0.15, 0.2) is 36.4 Å². The smallest absolute Gasteiger partial charge is 0.0587 e. The van der Waals surface area contributed by atoms with E-state index in [9.17, 15) is 10.2 Å². The lowest BCUT2D eigenvalue weighted by molar-refractivity contribution is 0.0894. The fourth-order valence-corrected chi connectivity index (χ4v) is 4.31. The van der Waals surface area contributed by atoms with Crippen LogP contribution in [0, 0.1) is 12.1 Å². The van der Waals surface area contributed by atoms with Crippen LogP contribution >= 0.6 is 0 Å². The van der Waals surface area contributed by atoms with Crippen LogP contribution in [0.1, 0.15) is 44.9 Å². The molecule has 3 aromatic rings. The Balaban J connectivity index is 1.62. The zero-order valence-electron chi connectivity index (χ0n) is 17.5. The van der Waals surface area contributed by atoms with Gasteiger partial charge in [-0.25, -0.2) is 0 Å². The van der Waals surface area contributed by atoms with E-state index in [1.54, 1.807) is 0 Å². The first-order valence-electron chi connectivity index (χ1n) is 10.4. The van der Waals surface area contributed by atoms with E-state index in [1.165, 1.54) is 10.9 Å². The summed E-state index contributed by atoms with van der Waals surface area (Å²) in [5.74, 6) is 0. The van der Waals surface area contributed by atoms with E-state index < -0.39 is 0 Å². The largest absolute Gasteiger partial charge is 0.395 e. The number of aliphatic hydroxyl groups is 2. The molecular formula is C25H30N2O2. The molecule has 2 heterocycles. The van der Waals surface area contributed by atoms with Crippen LogP contribution in [-0.4, -0.2) is 45.4 Å². The lowest BCUT2D eigenvalue weighted by Gasteiger charge is -2.27. The zero-order chi connectivity index (χ0) is 20.6. The van der Waals surface area contributed by atoms with Gasteiger partial charge in [-0.3, -0.25) is 4.90 Å². The van der Waals surface area contributed by atoms with Gasteiger partial charge in [0.1, 0.15) is 0 Å². The van der Waals surface area contributed by atoms with E-state index in [1.807, 2.05) is 6.07 Å². The Bertz CT molecular complexity index is 974. The molecule has 2 aromatic carbocycles. The van der Waals surface area contributed by atoms with Gasteiger partial charge in [-0.15, -0.1) is 0 Å². The maximum atomic E-state index is 9.67. The molecule has 1 aliphatic rings. The second kappa shape index (κ2) is 7.84. The first kappa shape index (κ1) is 20.0. The minimum absolute atomic E-state index is 0.0418. The zero-order valence-corrected chi connectivity index (χ0v) is 17.5. The quantitative estimate of drug-likeness (QED) is 0.616. The molecule has 3 N–H and O–H groups in total. The molecule has 4 heteroatoms. The maximum Gasteiger partial charge on any atom is 0.0587 e. The second-order valence-electron chi connectivity index (χ2n) is 9.20. The Hall–Kier alpha value is -2.32. The number of nitrogens with zero attached hydrogens (tertiary/aromatic N) is 1. The molecule has 152 valence electrons. The van der Waals surface area contributed by atoms with Gasteiger partial charge in [-0.2, -0.15) is 0 Å². The van der Waals surface area contributed by atoms with Crippen LogP contribution < -0.4 is 0 Å². The van der Waals surface area contributed by atoms with Crippen LogP contribution in [-0.2, 0) is 12.0 Å². The molecule has 1 aliphatic heterocycles. The summed E-state index contributed by atoms with van der Waals surface area (Å²) >= 11 is 0. The fourth-order valence-electron chi connectivity index (χ4n) is 4.31. The van der Waals surface area contributed by atoms with Crippen LogP contribution in [0.25, 0.3) is 22.0 Å². The van der Waals surface area contributed by atoms with Gasteiger partial charge < -0.3 is 15.2 Å². The van der Waals surface area contributed by atoms with E-state index >= 15 is 0 Å². The number of likely N-dealkylation sites (tertiary alicyclic amines) is 1. The van der Waals surface area contributed by atoms with Crippen molar-refractivity contribution in [1.29, 1.82) is 0 Å². The van der Waals surface area contributed by atoms with E-state index in [-0.39, 0.29) is 30.7 Å². The highest BCUT2D eigenvalue weighted by atomic mass is 16.3. The fraction of sp³-hybridized carbons (Fsp3) is 0.440. The van der Waals surface area contributed by atoms with E-state index in [0.717, 1.165) is 35.2 Å². The third kappa shape index (κ3) is 4.04. The topological polar surface area (TPSA) is 59.5 Å². The molecule has 0 saturated carbocycles. The van der Waals surface area contributed by atoms with Gasteiger partial charge in [-0.1, -0.05) is 39.0 Å². The Morgan fingerprint density at radius 1 is 1.03 bits per heavy atom. The monoisotopic (exact) mass is 390 g/mol. The average molecular weight is 391 g/mol. The number of aromatic amines is 1. The number of benzene rings is 1. The molecule has 2 atom stereocenters. The summed E-state index contributed by atoms with van der Waals surface area (Å²) in [5, 5.41) is 20.5. The van der Waals surface area contributed by atoms with Gasteiger partial charge in [0.25, 0.3) is 0 Å². The van der Waals surface area contributed by atoms with Crippen molar-refractivity contribution in [2.75, 3.05) is 13.2 Å². The highest BCUT2D eigenvalue weighted by Gasteiger charge is 2.32. The Morgan fingerprint density at radius 3 is 2.41 bits per heavy atom. The Labute approximate surface area is 173 Å². The minimum atomic E-state index is 0.0418. The van der Waals surface area contributed by atoms with Crippen molar-refractivity contribution in [3.63, 3.8) is 0 Å². The van der Waals surface area contributed by atoms with E-state index in [0.29, 0.717) is 6.54 Å². The lowest BCUT2D eigenvalue weighted by Crippen LogP contribution is -2.39. The molecule has 0 amide bonds. The molecule has 0 spiro atoms. The molecular weight excluding hydrogens is 360 g/mol. The third-order valence-electron chi connectivity index (χ3n) is 6.10. The van der Waals surface area contributed by atoms with Gasteiger partial charge in [0.05, 0.1) is 13.2 Å². The van der Waals surface area contributed by atoms with Crippen molar-refractivity contribution in [3.05, 3.63) is 59.8 Å². The van der Waals surface area contributed by atoms with Crippen molar-refractivity contribution in [3.8, 4) is 11.1 Å². The molecule has 1 aromatic heterocycles. The second-order valence-corrected chi connectivity index (χ2v) is 9.20. The van der Waals surface area contributed by atoms with Crippen LogP contribution in [0.2, 0.25) is 0 Å². The van der Waals surface area contributed by atoms with Crippen LogP contribution in [0.3, 0.4) is 0 Å². The molecule has 0 aliphatic carbocycles. The van der Waals surface area contributed by atoms with Crippen molar-refractivity contribution >= 4 is 10.9 Å². The highest BCUT2D eigenvalue weighted by molar-refractivity contribution is 5.85. The Morgan fingerprint density at radius 2 is 1.76 bits per heavy atom. The summed E-state index contributed by atoms with van der Waals surface area (Å²) in [6.45, 7) is 7.56. The molecule has 1 saturated heterocycles. The molecule has 0 bridgehead atoms. The first-order chi connectivity index (χ1) is 13.9. The molecule has 1 fully saturated rings.